The number of fused-ring (bicyclic) bond motifs is 2. The molecule has 2 bridgehead atoms. The van der Waals surface area contributed by atoms with E-state index in [4.69, 9.17) is 4.74 Å². The zero-order valence-corrected chi connectivity index (χ0v) is 13.9. The van der Waals surface area contributed by atoms with E-state index in [-0.39, 0.29) is 30.8 Å². The van der Waals surface area contributed by atoms with Crippen LogP contribution < -0.4 is 10.6 Å². The second-order valence-electron chi connectivity index (χ2n) is 6.93. The highest BCUT2D eigenvalue weighted by atomic mass is 32.1. The second-order valence-corrected chi connectivity index (χ2v) is 7.91. The molecular formula is C16H24N2O3S. The minimum atomic E-state index is -0.423. The zero-order valence-electron chi connectivity index (χ0n) is 13.0. The summed E-state index contributed by atoms with van der Waals surface area (Å²) in [4.78, 5) is 13.4. The number of ether oxygens (including phenoxy) is 1. The van der Waals surface area contributed by atoms with Gasteiger partial charge in [0.2, 0.25) is 0 Å². The molecule has 0 radical (unpaired) electrons. The number of nitrogens with one attached hydrogen (secondary N) is 2. The molecule has 0 saturated carbocycles. The van der Waals surface area contributed by atoms with Gasteiger partial charge in [-0.05, 0) is 30.7 Å². The Labute approximate surface area is 135 Å². The molecule has 2 aliphatic heterocycles. The van der Waals surface area contributed by atoms with Gasteiger partial charge >= 0.3 is 6.03 Å². The van der Waals surface area contributed by atoms with Gasteiger partial charge in [0.05, 0.1) is 30.9 Å². The van der Waals surface area contributed by atoms with Crippen LogP contribution in [0.3, 0.4) is 0 Å². The summed E-state index contributed by atoms with van der Waals surface area (Å²) in [7, 11) is 0. The van der Waals surface area contributed by atoms with Crippen LogP contribution in [0.1, 0.15) is 44.0 Å². The van der Waals surface area contributed by atoms with Crippen LogP contribution in [0.25, 0.3) is 0 Å². The fourth-order valence-corrected chi connectivity index (χ4v) is 4.31. The van der Waals surface area contributed by atoms with E-state index in [0.29, 0.717) is 6.10 Å². The first-order valence-corrected chi connectivity index (χ1v) is 8.74. The predicted molar refractivity (Wildman–Crippen MR) is 85.9 cm³/mol. The van der Waals surface area contributed by atoms with Crippen molar-refractivity contribution in [3.05, 3.63) is 22.4 Å². The molecule has 1 aromatic heterocycles. The van der Waals surface area contributed by atoms with E-state index >= 15 is 0 Å². The van der Waals surface area contributed by atoms with Crippen LogP contribution in [0.5, 0.6) is 0 Å². The zero-order chi connectivity index (χ0) is 15.7. The minimum absolute atomic E-state index is 0.00703. The molecule has 3 N–H and O–H groups in total. The number of amides is 2. The third-order valence-electron chi connectivity index (χ3n) is 4.71. The molecule has 2 saturated heterocycles. The van der Waals surface area contributed by atoms with Gasteiger partial charge in [0, 0.05) is 10.3 Å². The van der Waals surface area contributed by atoms with Crippen molar-refractivity contribution in [2.24, 2.45) is 5.41 Å². The summed E-state index contributed by atoms with van der Waals surface area (Å²) in [5.74, 6) is 0. The van der Waals surface area contributed by atoms with E-state index in [9.17, 15) is 9.90 Å². The lowest BCUT2D eigenvalue weighted by molar-refractivity contribution is 0.0969. The third-order valence-corrected chi connectivity index (χ3v) is 5.65. The number of carbonyl (C=O) groups is 1. The first-order valence-electron chi connectivity index (χ1n) is 7.86. The normalized spacial score (nSPS) is 28.6. The summed E-state index contributed by atoms with van der Waals surface area (Å²) in [6, 6.07) is 3.68. The highest BCUT2D eigenvalue weighted by Gasteiger charge is 2.42. The van der Waals surface area contributed by atoms with Crippen molar-refractivity contribution in [2.75, 3.05) is 6.61 Å². The Kier molecular flexibility index (Phi) is 4.43. The number of hydrogen-bond donors (Lipinski definition) is 3. The summed E-state index contributed by atoms with van der Waals surface area (Å²) in [5, 5.41) is 17.7. The van der Waals surface area contributed by atoms with Crippen LogP contribution in [0, 0.1) is 5.41 Å². The number of rotatable bonds is 5. The van der Waals surface area contributed by atoms with Crippen LogP contribution in [0.2, 0.25) is 0 Å². The maximum Gasteiger partial charge on any atom is 0.315 e. The molecule has 3 rings (SSSR count). The van der Waals surface area contributed by atoms with Crippen LogP contribution in [-0.4, -0.2) is 36.0 Å². The number of aliphatic hydroxyl groups excluding tert-OH is 1. The highest BCUT2D eigenvalue weighted by Crippen LogP contribution is 2.36. The fraction of sp³-hybridized carbons (Fsp3) is 0.688. The average Bonchev–Trinajstić information content (AvgIpc) is 3.21. The maximum atomic E-state index is 12.4. The smallest absolute Gasteiger partial charge is 0.315 e. The Bertz CT molecular complexity index is 517. The van der Waals surface area contributed by atoms with Crippen molar-refractivity contribution in [1.29, 1.82) is 0 Å². The molecule has 1 aromatic rings. The monoisotopic (exact) mass is 324 g/mol. The molecule has 3 heterocycles. The lowest BCUT2D eigenvalue weighted by Crippen LogP contribution is -2.49. The van der Waals surface area contributed by atoms with E-state index in [0.717, 1.165) is 24.1 Å². The fourth-order valence-electron chi connectivity index (χ4n) is 3.33. The Morgan fingerprint density at radius 1 is 1.55 bits per heavy atom. The molecule has 5 nitrogen and oxygen atoms in total. The van der Waals surface area contributed by atoms with Crippen molar-refractivity contribution in [1.82, 2.24) is 10.6 Å². The minimum Gasteiger partial charge on any atom is -0.396 e. The van der Waals surface area contributed by atoms with Crippen molar-refractivity contribution >= 4 is 17.4 Å². The number of thiophene rings is 1. The molecular weight excluding hydrogens is 300 g/mol. The highest BCUT2D eigenvalue weighted by molar-refractivity contribution is 7.10. The summed E-state index contributed by atoms with van der Waals surface area (Å²) < 4.78 is 5.77. The lowest BCUT2D eigenvalue weighted by atomic mass is 9.84. The molecule has 6 heteroatoms. The third kappa shape index (κ3) is 3.14. The van der Waals surface area contributed by atoms with Crippen molar-refractivity contribution in [3.8, 4) is 0 Å². The number of aliphatic hydroxyl groups is 1. The van der Waals surface area contributed by atoms with Gasteiger partial charge in [0.1, 0.15) is 0 Å². The lowest BCUT2D eigenvalue weighted by Gasteiger charge is -2.33. The Balaban J connectivity index is 1.64. The maximum absolute atomic E-state index is 12.4. The van der Waals surface area contributed by atoms with Crippen molar-refractivity contribution < 1.29 is 14.6 Å². The SMILES string of the molecule is CC(C)(CO)[C@H](NC(=O)N[C@@H]1C[C@H]2CC[C@@H]1O2)c1cccs1. The van der Waals surface area contributed by atoms with Gasteiger partial charge in [0.15, 0.2) is 0 Å². The van der Waals surface area contributed by atoms with Gasteiger partial charge < -0.3 is 20.5 Å². The van der Waals surface area contributed by atoms with Gasteiger partial charge in [-0.25, -0.2) is 4.79 Å². The first-order chi connectivity index (χ1) is 10.5. The van der Waals surface area contributed by atoms with Gasteiger partial charge in [-0.3, -0.25) is 0 Å². The molecule has 2 aliphatic rings. The molecule has 22 heavy (non-hydrogen) atoms. The van der Waals surface area contributed by atoms with E-state index in [1.54, 1.807) is 11.3 Å². The number of urea groups is 1. The van der Waals surface area contributed by atoms with E-state index in [1.807, 2.05) is 31.4 Å². The van der Waals surface area contributed by atoms with Crippen LogP contribution >= 0.6 is 11.3 Å². The van der Waals surface area contributed by atoms with Gasteiger partial charge in [-0.2, -0.15) is 0 Å². The first kappa shape index (κ1) is 15.8. The van der Waals surface area contributed by atoms with Crippen LogP contribution in [0.15, 0.2) is 17.5 Å². The quantitative estimate of drug-likeness (QED) is 0.779. The number of carbonyl (C=O) groups excluding carboxylic acids is 1. The van der Waals surface area contributed by atoms with Gasteiger partial charge in [-0.1, -0.05) is 19.9 Å². The van der Waals surface area contributed by atoms with Crippen molar-refractivity contribution in [2.45, 2.75) is 57.4 Å². The van der Waals surface area contributed by atoms with E-state index in [1.165, 1.54) is 0 Å². The van der Waals surface area contributed by atoms with E-state index < -0.39 is 5.41 Å². The van der Waals surface area contributed by atoms with Gasteiger partial charge in [-0.15, -0.1) is 11.3 Å². The second kappa shape index (κ2) is 6.18. The van der Waals surface area contributed by atoms with Gasteiger partial charge in [0.25, 0.3) is 0 Å². The molecule has 4 atom stereocenters. The standard InChI is InChI=1S/C16H24N2O3S/c1-16(2,9-19)14(13-4-3-7-22-13)18-15(20)17-11-8-10-5-6-12(11)21-10/h3-4,7,10-12,14,19H,5-6,8-9H2,1-2H3,(H2,17,18,20)/t10-,11-,12+,14-/m1/s1. The summed E-state index contributed by atoms with van der Waals surface area (Å²) in [6.45, 7) is 3.92. The van der Waals surface area contributed by atoms with Crippen LogP contribution in [0.4, 0.5) is 4.79 Å². The molecule has 0 spiro atoms. The Morgan fingerprint density at radius 2 is 2.36 bits per heavy atom. The summed E-state index contributed by atoms with van der Waals surface area (Å²) in [5.41, 5.74) is -0.423. The average molecular weight is 324 g/mol. The number of hydrogen-bond acceptors (Lipinski definition) is 4. The van der Waals surface area contributed by atoms with E-state index in [2.05, 4.69) is 10.6 Å². The molecule has 0 aliphatic carbocycles. The van der Waals surface area contributed by atoms with Crippen LogP contribution in [-0.2, 0) is 4.74 Å². The van der Waals surface area contributed by atoms with Crippen molar-refractivity contribution in [3.63, 3.8) is 0 Å². The molecule has 0 aromatic carbocycles. The Morgan fingerprint density at radius 3 is 2.91 bits per heavy atom. The topological polar surface area (TPSA) is 70.6 Å². The summed E-state index contributed by atoms with van der Waals surface area (Å²) >= 11 is 1.59. The largest absolute Gasteiger partial charge is 0.396 e. The summed E-state index contributed by atoms with van der Waals surface area (Å²) in [6.07, 6.45) is 3.54. The molecule has 0 unspecified atom stereocenters. The predicted octanol–water partition coefficient (Wildman–Crippen LogP) is 2.43. The molecule has 2 amide bonds. The molecule has 2 fully saturated rings. The molecule has 122 valence electrons. The Hall–Kier alpha value is -1.11.